The maximum Gasteiger partial charge on any atom is 0.326 e. The third kappa shape index (κ3) is 3.18. The van der Waals surface area contributed by atoms with Crippen LogP contribution >= 0.6 is 0 Å². The van der Waals surface area contributed by atoms with Gasteiger partial charge in [-0.3, -0.25) is 0 Å². The smallest absolute Gasteiger partial charge is 0.326 e. The highest BCUT2D eigenvalue weighted by molar-refractivity contribution is 5.83. The average molecular weight is 270 g/mol. The third-order valence-electron chi connectivity index (χ3n) is 3.60. The summed E-state index contributed by atoms with van der Waals surface area (Å²) in [5.74, 6) is -0.689. The van der Waals surface area contributed by atoms with E-state index in [-0.39, 0.29) is 25.0 Å². The van der Waals surface area contributed by atoms with Gasteiger partial charge in [0.1, 0.15) is 6.04 Å². The fourth-order valence-corrected chi connectivity index (χ4v) is 2.59. The van der Waals surface area contributed by atoms with Crippen molar-refractivity contribution in [2.24, 2.45) is 5.92 Å². The van der Waals surface area contributed by atoms with Crippen LogP contribution in [0.1, 0.15) is 33.1 Å². The van der Waals surface area contributed by atoms with Gasteiger partial charge >= 0.3 is 12.0 Å². The number of urea groups is 1. The number of β-amino-alcohol motifs (C(OH)–C–C–N with tert-alkyl or cyclic N) is 1. The number of aliphatic hydroxyl groups is 1. The quantitative estimate of drug-likeness (QED) is 0.789. The van der Waals surface area contributed by atoms with Gasteiger partial charge in [0.05, 0.1) is 6.10 Å². The SMILES string of the molecule is CC(C)CN(C(=O)N1C[C@@H](O)C[C@H]1C(=O)O)C1CC1. The summed E-state index contributed by atoms with van der Waals surface area (Å²) in [7, 11) is 0. The Bertz CT molecular complexity index is 368. The first-order chi connectivity index (χ1) is 8.90. The fourth-order valence-electron chi connectivity index (χ4n) is 2.59. The molecule has 0 radical (unpaired) electrons. The van der Waals surface area contributed by atoms with E-state index in [4.69, 9.17) is 5.11 Å². The van der Waals surface area contributed by atoms with Gasteiger partial charge in [-0.05, 0) is 18.8 Å². The summed E-state index contributed by atoms with van der Waals surface area (Å²) in [6.07, 6.45) is 1.38. The lowest BCUT2D eigenvalue weighted by atomic mass is 10.2. The first kappa shape index (κ1) is 14.1. The normalized spacial score (nSPS) is 26.8. The predicted octanol–water partition coefficient (Wildman–Crippen LogP) is 0.747. The summed E-state index contributed by atoms with van der Waals surface area (Å²) < 4.78 is 0. The Balaban J connectivity index is 2.09. The summed E-state index contributed by atoms with van der Waals surface area (Å²) in [5.41, 5.74) is 0. The van der Waals surface area contributed by atoms with Gasteiger partial charge in [-0.25, -0.2) is 9.59 Å². The van der Waals surface area contributed by atoms with Crippen LogP contribution < -0.4 is 0 Å². The van der Waals surface area contributed by atoms with Crippen LogP contribution in [0.2, 0.25) is 0 Å². The average Bonchev–Trinajstić information content (AvgIpc) is 3.07. The van der Waals surface area contributed by atoms with E-state index in [1.54, 1.807) is 4.90 Å². The van der Waals surface area contributed by atoms with Gasteiger partial charge in [-0.15, -0.1) is 0 Å². The Morgan fingerprint density at radius 3 is 2.47 bits per heavy atom. The van der Waals surface area contributed by atoms with Crippen LogP contribution in [0, 0.1) is 5.92 Å². The van der Waals surface area contributed by atoms with E-state index in [9.17, 15) is 14.7 Å². The van der Waals surface area contributed by atoms with Crippen molar-refractivity contribution in [1.29, 1.82) is 0 Å². The van der Waals surface area contributed by atoms with Crippen molar-refractivity contribution in [2.45, 2.75) is 51.3 Å². The first-order valence-electron chi connectivity index (χ1n) is 6.88. The lowest BCUT2D eigenvalue weighted by molar-refractivity contribution is -0.141. The van der Waals surface area contributed by atoms with Crippen LogP contribution in [0.15, 0.2) is 0 Å². The second-order valence-corrected chi connectivity index (χ2v) is 5.96. The minimum Gasteiger partial charge on any atom is -0.480 e. The molecule has 2 atom stereocenters. The van der Waals surface area contributed by atoms with E-state index < -0.39 is 18.1 Å². The second-order valence-electron chi connectivity index (χ2n) is 5.96. The monoisotopic (exact) mass is 270 g/mol. The van der Waals surface area contributed by atoms with Crippen molar-refractivity contribution in [2.75, 3.05) is 13.1 Å². The van der Waals surface area contributed by atoms with E-state index in [0.29, 0.717) is 12.5 Å². The standard InChI is InChI=1S/C13H22N2O4/c1-8(2)6-14(9-3-4-9)13(19)15-7-10(16)5-11(15)12(17)18/h8-11,16H,3-7H2,1-2H3,(H,17,18)/t10-,11-/m0/s1. The maximum atomic E-state index is 12.5. The van der Waals surface area contributed by atoms with Gasteiger partial charge in [-0.2, -0.15) is 0 Å². The van der Waals surface area contributed by atoms with E-state index in [1.165, 1.54) is 4.90 Å². The molecule has 108 valence electrons. The summed E-state index contributed by atoms with van der Waals surface area (Å²) >= 11 is 0. The lowest BCUT2D eigenvalue weighted by Crippen LogP contribution is -2.50. The minimum atomic E-state index is -1.04. The molecule has 0 spiro atoms. The zero-order chi connectivity index (χ0) is 14.2. The van der Waals surface area contributed by atoms with Crippen molar-refractivity contribution in [1.82, 2.24) is 9.80 Å². The number of hydrogen-bond acceptors (Lipinski definition) is 3. The van der Waals surface area contributed by atoms with Gasteiger partial charge < -0.3 is 20.0 Å². The molecule has 1 saturated carbocycles. The fraction of sp³-hybridized carbons (Fsp3) is 0.846. The molecule has 0 bridgehead atoms. The molecule has 2 N–H and O–H groups in total. The largest absolute Gasteiger partial charge is 0.480 e. The highest BCUT2D eigenvalue weighted by atomic mass is 16.4. The number of rotatable bonds is 4. The Morgan fingerprint density at radius 1 is 1.37 bits per heavy atom. The van der Waals surface area contributed by atoms with Crippen LogP contribution in [-0.4, -0.2) is 63.3 Å². The molecule has 0 aromatic carbocycles. The third-order valence-corrected chi connectivity index (χ3v) is 3.60. The van der Waals surface area contributed by atoms with Crippen LogP contribution in [0.3, 0.4) is 0 Å². The summed E-state index contributed by atoms with van der Waals surface area (Å²) in [6.45, 7) is 4.84. The molecule has 2 aliphatic rings. The van der Waals surface area contributed by atoms with Gasteiger partial charge in [0.15, 0.2) is 0 Å². The molecule has 1 heterocycles. The molecule has 0 aromatic heterocycles. The molecule has 0 unspecified atom stereocenters. The molecule has 1 saturated heterocycles. The van der Waals surface area contributed by atoms with Crippen LogP contribution in [0.5, 0.6) is 0 Å². The van der Waals surface area contributed by atoms with Crippen molar-refractivity contribution in [3.8, 4) is 0 Å². The number of nitrogens with zero attached hydrogens (tertiary/aromatic N) is 2. The van der Waals surface area contributed by atoms with Crippen LogP contribution in [0.4, 0.5) is 4.79 Å². The van der Waals surface area contributed by atoms with E-state index in [2.05, 4.69) is 0 Å². The topological polar surface area (TPSA) is 81.1 Å². The maximum absolute atomic E-state index is 12.5. The second kappa shape index (κ2) is 5.36. The van der Waals surface area contributed by atoms with Crippen molar-refractivity contribution >= 4 is 12.0 Å². The van der Waals surface area contributed by atoms with Gasteiger partial charge in [-0.1, -0.05) is 13.8 Å². The van der Waals surface area contributed by atoms with Crippen molar-refractivity contribution < 1.29 is 19.8 Å². The summed E-state index contributed by atoms with van der Waals surface area (Å²) in [6, 6.07) is -0.877. The van der Waals surface area contributed by atoms with Crippen molar-refractivity contribution in [3.63, 3.8) is 0 Å². The molecule has 19 heavy (non-hydrogen) atoms. The Hall–Kier alpha value is -1.30. The lowest BCUT2D eigenvalue weighted by Gasteiger charge is -2.31. The van der Waals surface area contributed by atoms with Gasteiger partial charge in [0, 0.05) is 25.6 Å². The zero-order valence-corrected chi connectivity index (χ0v) is 11.5. The number of carboxylic acids is 1. The number of likely N-dealkylation sites (tertiary alicyclic amines) is 1. The van der Waals surface area contributed by atoms with Crippen LogP contribution in [0.25, 0.3) is 0 Å². The number of aliphatic carboxylic acids is 1. The summed E-state index contributed by atoms with van der Waals surface area (Å²) in [5, 5.41) is 18.8. The number of carboxylic acid groups (broad SMARTS) is 1. The summed E-state index contributed by atoms with van der Waals surface area (Å²) in [4.78, 5) is 26.8. The highest BCUT2D eigenvalue weighted by Crippen LogP contribution is 2.30. The Labute approximate surface area is 113 Å². The number of carbonyl (C=O) groups excluding carboxylic acids is 1. The number of hydrogen-bond donors (Lipinski definition) is 2. The van der Waals surface area contributed by atoms with Gasteiger partial charge in [0.2, 0.25) is 0 Å². The molecule has 6 nitrogen and oxygen atoms in total. The molecule has 2 amide bonds. The minimum absolute atomic E-state index is 0.122. The zero-order valence-electron chi connectivity index (χ0n) is 11.5. The molecule has 2 rings (SSSR count). The Kier molecular flexibility index (Phi) is 3.99. The van der Waals surface area contributed by atoms with E-state index >= 15 is 0 Å². The van der Waals surface area contributed by atoms with E-state index in [0.717, 1.165) is 12.8 Å². The predicted molar refractivity (Wildman–Crippen MR) is 68.7 cm³/mol. The number of carbonyl (C=O) groups is 2. The number of aliphatic hydroxyl groups excluding tert-OH is 1. The molecule has 6 heteroatoms. The Morgan fingerprint density at radius 2 is 2.00 bits per heavy atom. The highest BCUT2D eigenvalue weighted by Gasteiger charge is 2.43. The molecule has 0 aromatic rings. The molecular formula is C13H22N2O4. The molecule has 1 aliphatic heterocycles. The van der Waals surface area contributed by atoms with Crippen molar-refractivity contribution in [3.05, 3.63) is 0 Å². The van der Waals surface area contributed by atoms with Crippen LogP contribution in [-0.2, 0) is 4.79 Å². The molecular weight excluding hydrogens is 248 g/mol. The number of amides is 2. The first-order valence-corrected chi connectivity index (χ1v) is 6.88. The molecule has 2 fully saturated rings. The molecule has 1 aliphatic carbocycles. The van der Waals surface area contributed by atoms with Gasteiger partial charge in [0.25, 0.3) is 0 Å². The van der Waals surface area contributed by atoms with E-state index in [1.807, 2.05) is 13.8 Å².